The van der Waals surface area contributed by atoms with Crippen LogP contribution in [0.2, 0.25) is 0 Å². The average Bonchev–Trinajstić information content (AvgIpc) is 3.09. The number of para-hydroxylation sites is 1. The number of anilines is 2. The predicted molar refractivity (Wildman–Crippen MR) is 111 cm³/mol. The fraction of sp³-hybridized carbons (Fsp3) is 0.476. The fourth-order valence-electron chi connectivity index (χ4n) is 3.78. The van der Waals surface area contributed by atoms with Crippen LogP contribution < -0.4 is 16.0 Å². The Kier molecular flexibility index (Phi) is 6.41. The highest BCUT2D eigenvalue weighted by molar-refractivity contribution is 5.89. The maximum Gasteiger partial charge on any atom is 0.434 e. The highest BCUT2D eigenvalue weighted by Gasteiger charge is 2.52. The van der Waals surface area contributed by atoms with Gasteiger partial charge < -0.3 is 30.2 Å². The highest BCUT2D eigenvalue weighted by atomic mass is 19.4. The Balaban J connectivity index is 1.40. The van der Waals surface area contributed by atoms with Crippen molar-refractivity contribution >= 4 is 17.5 Å². The Morgan fingerprint density at radius 3 is 2.61 bits per heavy atom. The Labute approximate surface area is 188 Å². The summed E-state index contributed by atoms with van der Waals surface area (Å²) in [7, 11) is 0. The molecule has 3 heterocycles. The molecular formula is C21H24F3N5O4. The lowest BCUT2D eigenvalue weighted by Gasteiger charge is -2.37. The lowest BCUT2D eigenvalue weighted by atomic mass is 9.98. The van der Waals surface area contributed by atoms with Gasteiger partial charge in [-0.1, -0.05) is 18.2 Å². The Morgan fingerprint density at radius 1 is 1.15 bits per heavy atom. The number of aromatic nitrogens is 2. The third-order valence-electron chi connectivity index (χ3n) is 5.17. The van der Waals surface area contributed by atoms with Crippen molar-refractivity contribution in [1.82, 2.24) is 15.3 Å². The molecule has 33 heavy (non-hydrogen) atoms. The van der Waals surface area contributed by atoms with Crippen LogP contribution >= 0.6 is 0 Å². The van der Waals surface area contributed by atoms with Crippen LogP contribution in [-0.4, -0.2) is 59.3 Å². The zero-order chi connectivity index (χ0) is 23.6. The van der Waals surface area contributed by atoms with Crippen molar-refractivity contribution in [2.45, 2.75) is 50.2 Å². The predicted octanol–water partition coefficient (Wildman–Crippen LogP) is 3.02. The fourth-order valence-corrected chi connectivity index (χ4v) is 3.78. The van der Waals surface area contributed by atoms with Crippen molar-refractivity contribution in [1.29, 1.82) is 0 Å². The molecule has 2 aliphatic heterocycles. The summed E-state index contributed by atoms with van der Waals surface area (Å²) >= 11 is 0. The summed E-state index contributed by atoms with van der Waals surface area (Å²) in [5.74, 6) is -0.989. The molecule has 4 rings (SSSR count). The maximum atomic E-state index is 13.0. The van der Waals surface area contributed by atoms with Gasteiger partial charge in [-0.25, -0.2) is 9.78 Å². The van der Waals surface area contributed by atoms with E-state index in [1.54, 1.807) is 38.1 Å². The van der Waals surface area contributed by atoms with Crippen molar-refractivity contribution < 1.29 is 32.2 Å². The van der Waals surface area contributed by atoms with Crippen molar-refractivity contribution in [3.05, 3.63) is 48.4 Å². The van der Waals surface area contributed by atoms with Crippen molar-refractivity contribution in [3.8, 4) is 0 Å². The lowest BCUT2D eigenvalue weighted by molar-refractivity contribution is -0.153. The molecule has 12 heteroatoms. The summed E-state index contributed by atoms with van der Waals surface area (Å²) in [6.07, 6.45) is -4.39. The monoisotopic (exact) mass is 467 g/mol. The van der Waals surface area contributed by atoms with Gasteiger partial charge in [0.15, 0.2) is 11.5 Å². The third-order valence-corrected chi connectivity index (χ3v) is 5.17. The zero-order valence-corrected chi connectivity index (χ0v) is 17.9. The van der Waals surface area contributed by atoms with Crippen LogP contribution in [0.25, 0.3) is 0 Å². The second-order valence-corrected chi connectivity index (χ2v) is 8.18. The first-order chi connectivity index (χ1) is 15.6. The van der Waals surface area contributed by atoms with Crippen molar-refractivity contribution in [2.75, 3.05) is 23.8 Å². The number of alkyl halides is 3. The number of nitrogens with one attached hydrogen (secondary N) is 3. The molecule has 1 aromatic carbocycles. The normalized spacial score (nSPS) is 26.3. The van der Waals surface area contributed by atoms with Crippen LogP contribution in [0.5, 0.6) is 0 Å². The average molecular weight is 467 g/mol. The molecular weight excluding hydrogens is 443 g/mol. The van der Waals surface area contributed by atoms with Gasteiger partial charge in [0.05, 0.1) is 25.0 Å². The molecule has 2 fully saturated rings. The summed E-state index contributed by atoms with van der Waals surface area (Å²) in [4.78, 5) is 19.4. The molecule has 2 aromatic rings. The van der Waals surface area contributed by atoms with Gasteiger partial charge in [-0.15, -0.1) is 0 Å². The summed E-state index contributed by atoms with van der Waals surface area (Å²) in [5, 5.41) is 8.39. The second kappa shape index (κ2) is 9.12. The number of urea groups is 1. The Hall–Kier alpha value is -2.96. The summed E-state index contributed by atoms with van der Waals surface area (Å²) in [6, 6.07) is 8.03. The van der Waals surface area contributed by atoms with E-state index in [2.05, 4.69) is 25.9 Å². The number of fused-ring (bicyclic) bond motifs is 1. The van der Waals surface area contributed by atoms with Crippen LogP contribution in [-0.2, 0) is 20.4 Å². The number of carbonyl (C=O) groups is 1. The number of rotatable bonds is 5. The molecule has 0 aliphatic carbocycles. The van der Waals surface area contributed by atoms with Gasteiger partial charge in [0, 0.05) is 12.2 Å². The first-order valence-corrected chi connectivity index (χ1v) is 10.3. The molecule has 178 valence electrons. The van der Waals surface area contributed by atoms with E-state index in [1.807, 2.05) is 6.07 Å². The van der Waals surface area contributed by atoms with Crippen molar-refractivity contribution in [2.24, 2.45) is 0 Å². The van der Waals surface area contributed by atoms with E-state index in [1.165, 1.54) is 6.20 Å². The summed E-state index contributed by atoms with van der Waals surface area (Å²) in [6.45, 7) is 3.72. The zero-order valence-electron chi connectivity index (χ0n) is 17.9. The smallest absolute Gasteiger partial charge is 0.371 e. The molecule has 0 saturated carbocycles. The molecule has 0 radical (unpaired) electrons. The third kappa shape index (κ3) is 5.70. The summed E-state index contributed by atoms with van der Waals surface area (Å²) in [5.41, 5.74) is -0.457. The van der Waals surface area contributed by atoms with E-state index in [4.69, 9.17) is 14.2 Å². The SMILES string of the molecule is CC1(C)O[C@@H]2[C@H](O1)[C@@H](Nc1cncc(C(F)(F)F)n1)CO[C@@H]2CNC(=O)Nc1ccccc1. The molecule has 3 N–H and O–H groups in total. The molecule has 0 unspecified atom stereocenters. The quantitative estimate of drug-likeness (QED) is 0.621. The second-order valence-electron chi connectivity index (χ2n) is 8.18. The number of nitrogens with zero attached hydrogens (tertiary/aromatic N) is 2. The molecule has 0 bridgehead atoms. The van der Waals surface area contributed by atoms with Gasteiger partial charge >= 0.3 is 12.2 Å². The number of ether oxygens (including phenoxy) is 3. The van der Waals surface area contributed by atoms with E-state index < -0.39 is 48.0 Å². The number of hydrogen-bond acceptors (Lipinski definition) is 7. The minimum atomic E-state index is -4.61. The van der Waals surface area contributed by atoms with E-state index in [9.17, 15) is 18.0 Å². The first kappa shape index (κ1) is 23.2. The van der Waals surface area contributed by atoms with Gasteiger partial charge in [-0.05, 0) is 26.0 Å². The molecule has 9 nitrogen and oxygen atoms in total. The van der Waals surface area contributed by atoms with Crippen LogP contribution in [0.4, 0.5) is 29.5 Å². The minimum absolute atomic E-state index is 0.0516. The van der Waals surface area contributed by atoms with Gasteiger partial charge in [-0.2, -0.15) is 13.2 Å². The molecule has 2 saturated heterocycles. The van der Waals surface area contributed by atoms with Crippen LogP contribution in [0.3, 0.4) is 0 Å². The van der Waals surface area contributed by atoms with E-state index >= 15 is 0 Å². The van der Waals surface area contributed by atoms with Gasteiger partial charge in [0.2, 0.25) is 0 Å². The highest BCUT2D eigenvalue weighted by Crippen LogP contribution is 2.36. The molecule has 0 spiro atoms. The lowest BCUT2D eigenvalue weighted by Crippen LogP contribution is -2.57. The number of halogens is 3. The van der Waals surface area contributed by atoms with Gasteiger partial charge in [-0.3, -0.25) is 4.98 Å². The van der Waals surface area contributed by atoms with Gasteiger partial charge in [0.1, 0.15) is 24.1 Å². The molecule has 2 aliphatic rings. The Bertz CT molecular complexity index is 976. The van der Waals surface area contributed by atoms with E-state index in [0.717, 1.165) is 0 Å². The van der Waals surface area contributed by atoms with Gasteiger partial charge in [0.25, 0.3) is 0 Å². The molecule has 1 aromatic heterocycles. The Morgan fingerprint density at radius 2 is 1.88 bits per heavy atom. The van der Waals surface area contributed by atoms with E-state index in [0.29, 0.717) is 11.9 Å². The summed E-state index contributed by atoms with van der Waals surface area (Å²) < 4.78 is 56.8. The number of benzene rings is 1. The standard InChI is InChI=1S/C21H24F3N5O4/c1-20(2)32-17-13(28-16-10-25-9-15(29-16)21(22,23)24)11-31-14(18(17)33-20)8-26-19(30)27-12-6-4-3-5-7-12/h3-7,9-10,13-14,17-18H,8,11H2,1-2H3,(H,28,29)(H2,26,27,30)/t13-,14+,17+,18-/m0/s1. The number of hydrogen-bond donors (Lipinski definition) is 3. The topological polar surface area (TPSA) is 107 Å². The largest absolute Gasteiger partial charge is 0.434 e. The maximum absolute atomic E-state index is 13.0. The minimum Gasteiger partial charge on any atom is -0.371 e. The van der Waals surface area contributed by atoms with E-state index in [-0.39, 0.29) is 19.0 Å². The number of amides is 2. The van der Waals surface area contributed by atoms with Crippen molar-refractivity contribution in [3.63, 3.8) is 0 Å². The molecule has 2 amide bonds. The van der Waals surface area contributed by atoms with Crippen LogP contribution in [0, 0.1) is 0 Å². The van der Waals surface area contributed by atoms with Crippen LogP contribution in [0.1, 0.15) is 19.5 Å². The molecule has 4 atom stereocenters. The van der Waals surface area contributed by atoms with Crippen LogP contribution in [0.15, 0.2) is 42.7 Å². The first-order valence-electron chi connectivity index (χ1n) is 10.3. The number of carbonyl (C=O) groups excluding carboxylic acids is 1.